The monoisotopic (exact) mass is 569 g/mol. The number of rotatable bonds is 2. The van der Waals surface area contributed by atoms with E-state index in [0.29, 0.717) is 31.7 Å². The lowest BCUT2D eigenvalue weighted by atomic mass is 10.1. The van der Waals surface area contributed by atoms with Gasteiger partial charge in [-0.1, -0.05) is 64.9 Å². The Hall–Kier alpha value is -2.07. The van der Waals surface area contributed by atoms with Crippen molar-refractivity contribution in [3.05, 3.63) is 75.7 Å². The second-order valence-electron chi connectivity index (χ2n) is 8.46. The van der Waals surface area contributed by atoms with Gasteiger partial charge in [-0.15, -0.1) is 0 Å². The van der Waals surface area contributed by atoms with Crippen LogP contribution >= 0.6 is 27.5 Å². The van der Waals surface area contributed by atoms with Crippen LogP contribution in [-0.2, 0) is 16.2 Å². The molecule has 4 aromatic rings. The van der Waals surface area contributed by atoms with Crippen LogP contribution in [0.25, 0.3) is 22.2 Å². The van der Waals surface area contributed by atoms with Crippen LogP contribution in [-0.4, -0.2) is 20.5 Å². The van der Waals surface area contributed by atoms with Crippen LogP contribution in [0, 0.1) is 0 Å². The van der Waals surface area contributed by atoms with Gasteiger partial charge in [0.2, 0.25) is 0 Å². The Labute approximate surface area is 203 Å². The number of halogens is 5. The van der Waals surface area contributed by atoms with Crippen molar-refractivity contribution < 1.29 is 21.6 Å². The molecule has 0 N–H and O–H groups in total. The Bertz CT molecular complexity index is 1580. The predicted molar refractivity (Wildman–Crippen MR) is 131 cm³/mol. The third kappa shape index (κ3) is 3.24. The molecular formula is C23H16BrClF3NO2SSi. The van der Waals surface area contributed by atoms with Crippen LogP contribution in [0.4, 0.5) is 13.2 Å². The molecule has 33 heavy (non-hydrogen) atoms. The van der Waals surface area contributed by atoms with Gasteiger partial charge in [-0.25, -0.2) is 12.4 Å². The normalized spacial score (nSPS) is 15.0. The highest BCUT2D eigenvalue weighted by atomic mass is 79.9. The molecule has 0 spiro atoms. The molecule has 0 unspecified atom stereocenters. The van der Waals surface area contributed by atoms with E-state index in [4.69, 9.17) is 11.6 Å². The van der Waals surface area contributed by atoms with Gasteiger partial charge in [-0.2, -0.15) is 13.2 Å². The Morgan fingerprint density at radius 3 is 2.39 bits per heavy atom. The van der Waals surface area contributed by atoms with E-state index >= 15 is 0 Å². The minimum Gasteiger partial charge on any atom is -0.233 e. The Kier molecular flexibility index (Phi) is 4.96. The van der Waals surface area contributed by atoms with Gasteiger partial charge in [0.15, 0.2) is 0 Å². The van der Waals surface area contributed by atoms with Crippen molar-refractivity contribution in [1.29, 1.82) is 0 Å². The van der Waals surface area contributed by atoms with Crippen LogP contribution < -0.4 is 10.4 Å². The fraction of sp³-hybridized carbons (Fsp3) is 0.130. The standard InChI is InChI=1S/C23H16BrClF3NO2SSi/c1-33(2)20-12-14(25)8-10-16(20)21-22(33)15-9-7-13(24)11-18(15)29(21)32(30,31)19-6-4-3-5-17(19)23(26,27)28/h3-12H,1-2H3. The Balaban J connectivity index is 1.96. The van der Waals surface area contributed by atoms with Crippen molar-refractivity contribution >= 4 is 66.9 Å². The Morgan fingerprint density at radius 2 is 1.70 bits per heavy atom. The lowest BCUT2D eigenvalue weighted by Gasteiger charge is -2.19. The minimum atomic E-state index is -4.82. The summed E-state index contributed by atoms with van der Waals surface area (Å²) in [6.07, 6.45) is -4.82. The van der Waals surface area contributed by atoms with E-state index in [-0.39, 0.29) is 0 Å². The quantitative estimate of drug-likeness (QED) is 0.273. The highest BCUT2D eigenvalue weighted by Crippen LogP contribution is 2.41. The van der Waals surface area contributed by atoms with Crippen molar-refractivity contribution in [3.8, 4) is 11.3 Å². The van der Waals surface area contributed by atoms with Crippen molar-refractivity contribution in [1.82, 2.24) is 3.97 Å². The van der Waals surface area contributed by atoms with Crippen molar-refractivity contribution in [2.75, 3.05) is 0 Å². The van der Waals surface area contributed by atoms with Gasteiger partial charge >= 0.3 is 6.18 Å². The summed E-state index contributed by atoms with van der Waals surface area (Å²) < 4.78 is 71.0. The van der Waals surface area contributed by atoms with Gasteiger partial charge in [0.25, 0.3) is 10.0 Å². The zero-order chi connectivity index (χ0) is 23.9. The molecule has 1 aliphatic rings. The fourth-order valence-electron chi connectivity index (χ4n) is 4.76. The van der Waals surface area contributed by atoms with Crippen molar-refractivity contribution in [3.63, 3.8) is 0 Å². The molecule has 0 bridgehead atoms. The van der Waals surface area contributed by atoms with Crippen LogP contribution in [0.3, 0.4) is 0 Å². The van der Waals surface area contributed by atoms with E-state index in [1.165, 1.54) is 12.1 Å². The number of hydrogen-bond donors (Lipinski definition) is 0. The lowest BCUT2D eigenvalue weighted by Crippen LogP contribution is -2.49. The summed E-state index contributed by atoms with van der Waals surface area (Å²) in [5.41, 5.74) is 0.254. The van der Waals surface area contributed by atoms with Crippen LogP contribution in [0.2, 0.25) is 18.1 Å². The highest BCUT2D eigenvalue weighted by Gasteiger charge is 2.45. The van der Waals surface area contributed by atoms with E-state index < -0.39 is 34.7 Å². The number of aromatic nitrogens is 1. The molecule has 2 heterocycles. The van der Waals surface area contributed by atoms with Crippen molar-refractivity contribution in [2.45, 2.75) is 24.2 Å². The second kappa shape index (κ2) is 7.21. The molecule has 0 saturated carbocycles. The molecule has 3 aromatic carbocycles. The van der Waals surface area contributed by atoms with Crippen LogP contribution in [0.1, 0.15) is 5.56 Å². The largest absolute Gasteiger partial charge is 0.417 e. The van der Waals surface area contributed by atoms with Crippen molar-refractivity contribution in [2.24, 2.45) is 0 Å². The lowest BCUT2D eigenvalue weighted by molar-refractivity contribution is -0.139. The summed E-state index contributed by atoms with van der Waals surface area (Å²) in [7, 11) is -7.03. The highest BCUT2D eigenvalue weighted by molar-refractivity contribution is 9.10. The molecule has 0 atom stereocenters. The maximum absolute atomic E-state index is 14.0. The molecule has 170 valence electrons. The number of alkyl halides is 3. The van der Waals surface area contributed by atoms with Gasteiger partial charge < -0.3 is 0 Å². The van der Waals surface area contributed by atoms with E-state index in [1.807, 2.05) is 18.2 Å². The molecule has 1 aromatic heterocycles. The second-order valence-corrected chi connectivity index (χ2v) is 15.9. The summed E-state index contributed by atoms with van der Waals surface area (Å²) in [5, 5.41) is 3.07. The smallest absolute Gasteiger partial charge is 0.233 e. The molecule has 0 saturated heterocycles. The third-order valence-electron chi connectivity index (χ3n) is 6.13. The zero-order valence-corrected chi connectivity index (χ0v) is 21.5. The zero-order valence-electron chi connectivity index (χ0n) is 17.3. The first-order chi connectivity index (χ1) is 15.3. The molecule has 0 amide bonds. The summed E-state index contributed by atoms with van der Waals surface area (Å²) in [4.78, 5) is -0.779. The average Bonchev–Trinajstić information content (AvgIpc) is 3.18. The molecule has 0 radical (unpaired) electrons. The van der Waals surface area contributed by atoms with Crippen LogP contribution in [0.5, 0.6) is 0 Å². The topological polar surface area (TPSA) is 39.1 Å². The molecule has 10 heteroatoms. The first-order valence-electron chi connectivity index (χ1n) is 9.92. The van der Waals surface area contributed by atoms with E-state index in [1.54, 1.807) is 18.2 Å². The van der Waals surface area contributed by atoms with Gasteiger partial charge in [-0.05, 0) is 52.3 Å². The number of hydrogen-bond acceptors (Lipinski definition) is 2. The fourth-order valence-corrected chi connectivity index (χ4v) is 10.6. The summed E-state index contributed by atoms with van der Waals surface area (Å²) >= 11 is 9.65. The van der Waals surface area contributed by atoms with E-state index in [2.05, 4.69) is 29.0 Å². The van der Waals surface area contributed by atoms with Gasteiger partial charge in [0.1, 0.15) is 13.0 Å². The summed E-state index contributed by atoms with van der Waals surface area (Å²) in [5.74, 6) is 0. The van der Waals surface area contributed by atoms with E-state index in [0.717, 1.165) is 26.5 Å². The SMILES string of the molecule is C[Si]1(C)c2cc(Cl)ccc2-c2c1c1ccc(Br)cc1n2S(=O)(=O)c1ccccc1C(F)(F)F. The Morgan fingerprint density at radius 1 is 1.00 bits per heavy atom. The average molecular weight is 571 g/mol. The molecule has 3 nitrogen and oxygen atoms in total. The third-order valence-corrected chi connectivity index (χ3v) is 12.2. The number of nitrogens with zero attached hydrogens (tertiary/aromatic N) is 1. The molecule has 5 rings (SSSR count). The first-order valence-corrected chi connectivity index (χ1v) is 15.5. The molecule has 0 fully saturated rings. The summed E-state index contributed by atoms with van der Waals surface area (Å²) in [6.45, 7) is 4.19. The minimum absolute atomic E-state index is 0.340. The molecule has 0 aliphatic carbocycles. The van der Waals surface area contributed by atoms with Gasteiger partial charge in [0.05, 0.1) is 16.8 Å². The van der Waals surface area contributed by atoms with Gasteiger partial charge in [0, 0.05) is 14.9 Å². The maximum Gasteiger partial charge on any atom is 0.417 e. The van der Waals surface area contributed by atoms with Crippen LogP contribution in [0.15, 0.2) is 70.0 Å². The number of fused-ring (bicyclic) bond motifs is 5. The maximum atomic E-state index is 14.0. The predicted octanol–water partition coefficient (Wildman–Crippen LogP) is 6.12. The first kappa shape index (κ1) is 22.7. The number of benzene rings is 3. The summed E-state index contributed by atoms with van der Waals surface area (Å²) in [6, 6.07) is 14.8. The molecular weight excluding hydrogens is 555 g/mol. The van der Waals surface area contributed by atoms with Gasteiger partial charge in [-0.3, -0.25) is 0 Å². The van der Waals surface area contributed by atoms with E-state index in [9.17, 15) is 21.6 Å². The molecule has 1 aliphatic heterocycles.